The van der Waals surface area contributed by atoms with E-state index >= 15 is 0 Å². The van der Waals surface area contributed by atoms with E-state index in [1.54, 1.807) is 0 Å². The molecule has 0 saturated carbocycles. The van der Waals surface area contributed by atoms with Crippen LogP contribution in [0, 0.1) is 12.8 Å². The molecule has 1 heterocycles. The molecule has 0 spiro atoms. The Kier molecular flexibility index (Phi) is 4.04. The topological polar surface area (TPSA) is 75.4 Å². The van der Waals surface area contributed by atoms with Gasteiger partial charge in [0.15, 0.2) is 0 Å². The van der Waals surface area contributed by atoms with E-state index < -0.39 is 6.03 Å². The lowest BCUT2D eigenvalue weighted by Crippen LogP contribution is -2.46. The summed E-state index contributed by atoms with van der Waals surface area (Å²) >= 11 is 0. The van der Waals surface area contributed by atoms with Crippen molar-refractivity contribution >= 4 is 17.6 Å². The summed E-state index contributed by atoms with van der Waals surface area (Å²) in [7, 11) is 0. The number of anilines is 1. The minimum absolute atomic E-state index is 0.0449. The molecule has 1 saturated heterocycles. The molecule has 0 radical (unpaired) electrons. The number of hydrogen-bond acceptors (Lipinski definition) is 2. The first-order valence-corrected chi connectivity index (χ1v) is 6.48. The van der Waals surface area contributed by atoms with Gasteiger partial charge in [-0.25, -0.2) is 4.79 Å². The zero-order chi connectivity index (χ0) is 13.8. The number of piperidine rings is 1. The molecule has 1 aliphatic rings. The average molecular weight is 261 g/mol. The molecule has 1 aromatic carbocycles. The lowest BCUT2D eigenvalue weighted by Gasteiger charge is -2.30. The third-order valence-corrected chi connectivity index (χ3v) is 3.39. The quantitative estimate of drug-likeness (QED) is 0.850. The second-order valence-electron chi connectivity index (χ2n) is 4.98. The Morgan fingerprint density at radius 1 is 1.42 bits per heavy atom. The molecular formula is C14H19N3O2. The molecule has 1 aliphatic heterocycles. The second kappa shape index (κ2) is 5.73. The van der Waals surface area contributed by atoms with Crippen molar-refractivity contribution in [2.75, 3.05) is 18.4 Å². The van der Waals surface area contributed by atoms with Crippen LogP contribution in [0.3, 0.4) is 0 Å². The number of hydrogen-bond donors (Lipinski definition) is 2. The van der Waals surface area contributed by atoms with Crippen LogP contribution < -0.4 is 11.1 Å². The maximum absolute atomic E-state index is 12.2. The molecule has 102 valence electrons. The van der Waals surface area contributed by atoms with Crippen LogP contribution in [-0.4, -0.2) is 29.9 Å². The summed E-state index contributed by atoms with van der Waals surface area (Å²) in [5, 5.41) is 2.89. The summed E-state index contributed by atoms with van der Waals surface area (Å²) in [4.78, 5) is 24.8. The van der Waals surface area contributed by atoms with Gasteiger partial charge in [0.2, 0.25) is 5.91 Å². The molecule has 3 N–H and O–H groups in total. The van der Waals surface area contributed by atoms with E-state index in [0.717, 1.165) is 24.1 Å². The Bertz CT molecular complexity index is 487. The maximum Gasteiger partial charge on any atom is 0.314 e. The van der Waals surface area contributed by atoms with Gasteiger partial charge < -0.3 is 16.0 Å². The highest BCUT2D eigenvalue weighted by atomic mass is 16.2. The zero-order valence-electron chi connectivity index (χ0n) is 11.1. The van der Waals surface area contributed by atoms with Crippen molar-refractivity contribution in [3.8, 4) is 0 Å². The van der Waals surface area contributed by atoms with Crippen molar-refractivity contribution in [1.82, 2.24) is 4.90 Å². The number of urea groups is 1. The Morgan fingerprint density at radius 2 is 2.21 bits per heavy atom. The Labute approximate surface area is 112 Å². The van der Waals surface area contributed by atoms with Crippen LogP contribution in [0.15, 0.2) is 24.3 Å². The van der Waals surface area contributed by atoms with Gasteiger partial charge in [0.1, 0.15) is 0 Å². The number of likely N-dealkylation sites (tertiary alicyclic amines) is 1. The van der Waals surface area contributed by atoms with E-state index in [4.69, 9.17) is 5.73 Å². The van der Waals surface area contributed by atoms with Gasteiger partial charge >= 0.3 is 6.03 Å². The highest BCUT2D eigenvalue weighted by Crippen LogP contribution is 2.19. The number of amides is 3. The molecule has 19 heavy (non-hydrogen) atoms. The number of rotatable bonds is 2. The van der Waals surface area contributed by atoms with Crippen molar-refractivity contribution in [3.63, 3.8) is 0 Å². The third kappa shape index (κ3) is 3.47. The number of primary amides is 1. The fourth-order valence-corrected chi connectivity index (χ4v) is 2.36. The summed E-state index contributed by atoms with van der Waals surface area (Å²) in [5.74, 6) is -0.224. The molecule has 1 aromatic rings. The number of nitrogens with two attached hydrogens (primary N) is 1. The van der Waals surface area contributed by atoms with Crippen molar-refractivity contribution in [2.24, 2.45) is 11.7 Å². The fraction of sp³-hybridized carbons (Fsp3) is 0.429. The predicted molar refractivity (Wildman–Crippen MR) is 73.7 cm³/mol. The Hall–Kier alpha value is -2.04. The van der Waals surface area contributed by atoms with Crippen LogP contribution in [0.5, 0.6) is 0 Å². The number of carbonyl (C=O) groups is 2. The van der Waals surface area contributed by atoms with E-state index in [2.05, 4.69) is 5.32 Å². The smallest absolute Gasteiger partial charge is 0.314 e. The first-order valence-electron chi connectivity index (χ1n) is 6.48. The van der Waals surface area contributed by atoms with Crippen LogP contribution in [0.1, 0.15) is 18.4 Å². The monoisotopic (exact) mass is 261 g/mol. The Morgan fingerprint density at radius 3 is 2.89 bits per heavy atom. The highest BCUT2D eigenvalue weighted by molar-refractivity contribution is 5.93. The van der Waals surface area contributed by atoms with E-state index in [1.807, 2.05) is 31.2 Å². The van der Waals surface area contributed by atoms with E-state index in [9.17, 15) is 9.59 Å². The molecule has 2 rings (SSSR count). The number of aryl methyl sites for hydroxylation is 1. The van der Waals surface area contributed by atoms with Gasteiger partial charge in [-0.3, -0.25) is 4.79 Å². The van der Waals surface area contributed by atoms with Gasteiger partial charge in [-0.05, 0) is 37.5 Å². The fourth-order valence-electron chi connectivity index (χ4n) is 2.36. The van der Waals surface area contributed by atoms with Gasteiger partial charge in [-0.15, -0.1) is 0 Å². The van der Waals surface area contributed by atoms with E-state index in [1.165, 1.54) is 4.90 Å². The molecule has 0 bridgehead atoms. The maximum atomic E-state index is 12.2. The Balaban J connectivity index is 1.98. The molecule has 5 heteroatoms. The molecule has 0 aliphatic carbocycles. The lowest BCUT2D eigenvalue weighted by atomic mass is 9.97. The number of carbonyl (C=O) groups excluding carboxylic acids is 2. The minimum atomic E-state index is -0.451. The van der Waals surface area contributed by atoms with Crippen LogP contribution in [-0.2, 0) is 4.79 Å². The molecule has 0 unspecified atom stereocenters. The second-order valence-corrected chi connectivity index (χ2v) is 4.98. The largest absolute Gasteiger partial charge is 0.351 e. The van der Waals surface area contributed by atoms with Gasteiger partial charge in [0.25, 0.3) is 0 Å². The summed E-state index contributed by atoms with van der Waals surface area (Å²) in [6, 6.07) is 7.21. The predicted octanol–water partition coefficient (Wildman–Crippen LogP) is 1.72. The van der Waals surface area contributed by atoms with Gasteiger partial charge in [0, 0.05) is 18.8 Å². The average Bonchev–Trinajstić information content (AvgIpc) is 2.39. The zero-order valence-corrected chi connectivity index (χ0v) is 11.1. The van der Waals surface area contributed by atoms with Crippen molar-refractivity contribution in [1.29, 1.82) is 0 Å². The molecule has 0 aromatic heterocycles. The first-order chi connectivity index (χ1) is 9.06. The molecule has 5 nitrogen and oxygen atoms in total. The summed E-state index contributed by atoms with van der Waals surface area (Å²) in [6.07, 6.45) is 1.61. The van der Waals surface area contributed by atoms with Crippen LogP contribution in [0.25, 0.3) is 0 Å². The van der Waals surface area contributed by atoms with E-state index in [0.29, 0.717) is 13.1 Å². The lowest BCUT2D eigenvalue weighted by molar-refractivity contribution is -0.121. The highest BCUT2D eigenvalue weighted by Gasteiger charge is 2.27. The third-order valence-electron chi connectivity index (χ3n) is 3.39. The first kappa shape index (κ1) is 13.4. The molecule has 3 amide bonds. The van der Waals surface area contributed by atoms with Crippen LogP contribution in [0.4, 0.5) is 10.5 Å². The van der Waals surface area contributed by atoms with Gasteiger partial charge in [-0.1, -0.05) is 12.1 Å². The summed E-state index contributed by atoms with van der Waals surface area (Å²) < 4.78 is 0. The van der Waals surface area contributed by atoms with Crippen molar-refractivity contribution in [3.05, 3.63) is 29.8 Å². The number of nitrogens with one attached hydrogen (secondary N) is 1. The van der Waals surface area contributed by atoms with Gasteiger partial charge in [0.05, 0.1) is 5.92 Å². The van der Waals surface area contributed by atoms with Crippen LogP contribution in [0.2, 0.25) is 0 Å². The normalized spacial score (nSPS) is 19.0. The molecule has 1 atom stereocenters. The van der Waals surface area contributed by atoms with E-state index in [-0.39, 0.29) is 11.8 Å². The van der Waals surface area contributed by atoms with Crippen molar-refractivity contribution < 1.29 is 9.59 Å². The minimum Gasteiger partial charge on any atom is -0.351 e. The number of nitrogens with zero attached hydrogens (tertiary/aromatic N) is 1. The SMILES string of the molecule is Cc1cccc(NC(=O)[C@@H]2CCCN(C(N)=O)C2)c1. The van der Waals surface area contributed by atoms with Gasteiger partial charge in [-0.2, -0.15) is 0 Å². The summed E-state index contributed by atoms with van der Waals surface area (Å²) in [5.41, 5.74) is 7.15. The van der Waals surface area contributed by atoms with Crippen LogP contribution >= 0.6 is 0 Å². The molecular weight excluding hydrogens is 242 g/mol. The number of benzene rings is 1. The van der Waals surface area contributed by atoms with Crippen molar-refractivity contribution in [2.45, 2.75) is 19.8 Å². The summed E-state index contributed by atoms with van der Waals surface area (Å²) in [6.45, 7) is 3.03. The standard InChI is InChI=1S/C14H19N3O2/c1-10-4-2-6-12(8-10)16-13(18)11-5-3-7-17(9-11)14(15)19/h2,4,6,8,11H,3,5,7,9H2,1H3,(H2,15,19)(H,16,18)/t11-/m1/s1. The molecule has 1 fully saturated rings.